The van der Waals surface area contributed by atoms with E-state index in [1.165, 1.54) is 18.2 Å². The average molecular weight is 373 g/mol. The van der Waals surface area contributed by atoms with Gasteiger partial charge in [-0.1, -0.05) is 24.3 Å². The third-order valence-corrected chi connectivity index (χ3v) is 5.81. The van der Waals surface area contributed by atoms with E-state index < -0.39 is 0 Å². The number of fused-ring (bicyclic) bond motifs is 1. The van der Waals surface area contributed by atoms with Crippen molar-refractivity contribution in [3.63, 3.8) is 0 Å². The van der Waals surface area contributed by atoms with Gasteiger partial charge in [0.1, 0.15) is 6.61 Å². The van der Waals surface area contributed by atoms with Crippen molar-refractivity contribution in [2.45, 2.75) is 51.5 Å². The van der Waals surface area contributed by atoms with Crippen LogP contribution >= 0.6 is 0 Å². The summed E-state index contributed by atoms with van der Waals surface area (Å²) in [6, 6.07) is 8.64. The van der Waals surface area contributed by atoms with E-state index in [1.54, 1.807) is 4.90 Å². The fraction of sp³-hybridized carbons (Fsp3) is 0.636. The minimum absolute atomic E-state index is 0.0296. The molecule has 27 heavy (non-hydrogen) atoms. The van der Waals surface area contributed by atoms with Crippen molar-refractivity contribution in [2.24, 2.45) is 11.8 Å². The Bertz CT molecular complexity index is 661. The van der Waals surface area contributed by atoms with Gasteiger partial charge in [-0.3, -0.25) is 9.59 Å². The first-order valence-corrected chi connectivity index (χ1v) is 10.0. The number of piperidine rings is 1. The zero-order valence-corrected chi connectivity index (χ0v) is 16.8. The molecule has 0 radical (unpaired) electrons. The first-order chi connectivity index (χ1) is 12.9. The summed E-state index contributed by atoms with van der Waals surface area (Å²) in [7, 11) is 1.52. The minimum Gasteiger partial charge on any atom is -0.375 e. The van der Waals surface area contributed by atoms with E-state index in [2.05, 4.69) is 43.4 Å². The topological polar surface area (TPSA) is 58.6 Å². The van der Waals surface area contributed by atoms with Crippen molar-refractivity contribution in [1.82, 2.24) is 10.2 Å². The molecule has 1 heterocycles. The fourth-order valence-corrected chi connectivity index (χ4v) is 4.64. The molecule has 1 fully saturated rings. The number of hydrogen-bond donors (Lipinski definition) is 1. The van der Waals surface area contributed by atoms with E-state index in [-0.39, 0.29) is 29.9 Å². The maximum atomic E-state index is 12.9. The van der Waals surface area contributed by atoms with Gasteiger partial charge in [-0.2, -0.15) is 0 Å². The minimum atomic E-state index is -0.247. The molecule has 5 heteroatoms. The Balaban J connectivity index is 1.52. The summed E-state index contributed by atoms with van der Waals surface area (Å²) in [5, 5.41) is 3.26. The molecule has 2 aliphatic rings. The molecule has 148 valence electrons. The summed E-state index contributed by atoms with van der Waals surface area (Å²) >= 11 is 0. The van der Waals surface area contributed by atoms with Crippen molar-refractivity contribution < 1.29 is 14.3 Å². The molecule has 3 rings (SSSR count). The second kappa shape index (κ2) is 8.42. The van der Waals surface area contributed by atoms with Gasteiger partial charge in [-0.25, -0.2) is 0 Å². The Morgan fingerprint density at radius 3 is 2.52 bits per heavy atom. The smallest absolute Gasteiger partial charge is 0.248 e. The molecule has 1 atom stereocenters. The summed E-state index contributed by atoms with van der Waals surface area (Å²) in [5.74, 6) is 0.492. The van der Waals surface area contributed by atoms with Crippen molar-refractivity contribution in [3.05, 3.63) is 35.4 Å². The van der Waals surface area contributed by atoms with Crippen LogP contribution in [-0.2, 0) is 27.2 Å². The van der Waals surface area contributed by atoms with E-state index in [4.69, 9.17) is 4.74 Å². The van der Waals surface area contributed by atoms with Crippen molar-refractivity contribution in [3.8, 4) is 0 Å². The van der Waals surface area contributed by atoms with Gasteiger partial charge in [0.05, 0.1) is 5.92 Å². The first-order valence-electron chi connectivity index (χ1n) is 10.0. The lowest BCUT2D eigenvalue weighted by atomic mass is 9.87. The first kappa shape index (κ1) is 19.9. The molecule has 1 aliphatic heterocycles. The molecule has 1 N–H and O–H groups in total. The normalized spacial score (nSPS) is 20.4. The molecular formula is C22H32N2O3. The maximum absolute atomic E-state index is 12.9. The van der Waals surface area contributed by atoms with E-state index in [0.29, 0.717) is 12.5 Å². The molecule has 2 amide bonds. The van der Waals surface area contributed by atoms with Crippen LogP contribution in [0.5, 0.6) is 0 Å². The van der Waals surface area contributed by atoms with Crippen LogP contribution in [0.25, 0.3) is 0 Å². The highest BCUT2D eigenvalue weighted by atomic mass is 16.5. The SMILES string of the molecule is COCC(=O)N1CCCC(C(=O)NC(C)(C)CC2Cc3ccccc3C2)C1. The summed E-state index contributed by atoms with van der Waals surface area (Å²) in [5.41, 5.74) is 2.65. The van der Waals surface area contributed by atoms with E-state index in [0.717, 1.165) is 38.6 Å². The van der Waals surface area contributed by atoms with Crippen LogP contribution in [0.15, 0.2) is 24.3 Å². The number of carbonyl (C=O) groups is 2. The van der Waals surface area contributed by atoms with Gasteiger partial charge in [0.25, 0.3) is 0 Å². The fourth-order valence-electron chi connectivity index (χ4n) is 4.64. The van der Waals surface area contributed by atoms with Crippen LogP contribution < -0.4 is 5.32 Å². The average Bonchev–Trinajstić information content (AvgIpc) is 3.03. The number of nitrogens with one attached hydrogen (secondary N) is 1. The molecule has 1 unspecified atom stereocenters. The van der Waals surface area contributed by atoms with E-state index >= 15 is 0 Å². The molecule has 0 bridgehead atoms. The van der Waals surface area contributed by atoms with Gasteiger partial charge < -0.3 is 15.0 Å². The number of methoxy groups -OCH3 is 1. The molecular weight excluding hydrogens is 340 g/mol. The Labute approximate surface area is 162 Å². The van der Waals surface area contributed by atoms with Gasteiger partial charge in [0.15, 0.2) is 0 Å². The molecule has 1 aromatic carbocycles. The van der Waals surface area contributed by atoms with E-state index in [1.807, 2.05) is 0 Å². The van der Waals surface area contributed by atoms with Gasteiger partial charge >= 0.3 is 0 Å². The lowest BCUT2D eigenvalue weighted by Gasteiger charge is -2.35. The standard InChI is InChI=1S/C22H32N2O3/c1-22(2,13-16-11-17-7-4-5-8-18(17)12-16)23-21(26)19-9-6-10-24(14-19)20(25)15-27-3/h4-5,7-8,16,19H,6,9-15H2,1-3H3,(H,23,26). The van der Waals surface area contributed by atoms with Crippen molar-refractivity contribution >= 4 is 11.8 Å². The zero-order valence-electron chi connectivity index (χ0n) is 16.8. The van der Waals surface area contributed by atoms with Crippen molar-refractivity contribution in [2.75, 3.05) is 26.8 Å². The monoisotopic (exact) mass is 372 g/mol. The van der Waals surface area contributed by atoms with Crippen LogP contribution in [-0.4, -0.2) is 49.1 Å². The number of hydrogen-bond acceptors (Lipinski definition) is 3. The van der Waals surface area contributed by atoms with Crippen molar-refractivity contribution in [1.29, 1.82) is 0 Å². The molecule has 0 spiro atoms. The van der Waals surface area contributed by atoms with Gasteiger partial charge in [-0.15, -0.1) is 0 Å². The van der Waals surface area contributed by atoms with Gasteiger partial charge in [-0.05, 0) is 63.0 Å². The molecule has 1 aliphatic carbocycles. The summed E-state index contributed by atoms with van der Waals surface area (Å²) in [6.07, 6.45) is 4.86. The molecule has 1 aromatic rings. The Morgan fingerprint density at radius 1 is 1.22 bits per heavy atom. The Morgan fingerprint density at radius 2 is 1.89 bits per heavy atom. The largest absolute Gasteiger partial charge is 0.375 e. The lowest BCUT2D eigenvalue weighted by Crippen LogP contribution is -2.51. The zero-order chi connectivity index (χ0) is 19.4. The van der Waals surface area contributed by atoms with Crippen LogP contribution in [0.3, 0.4) is 0 Å². The number of amides is 2. The van der Waals surface area contributed by atoms with Gasteiger partial charge in [0, 0.05) is 25.7 Å². The molecule has 1 saturated heterocycles. The number of ether oxygens (including phenoxy) is 1. The second-order valence-corrected chi connectivity index (χ2v) is 8.73. The number of carbonyl (C=O) groups excluding carboxylic acids is 2. The lowest BCUT2D eigenvalue weighted by molar-refractivity contribution is -0.139. The van der Waals surface area contributed by atoms with Crippen LogP contribution in [0.2, 0.25) is 0 Å². The van der Waals surface area contributed by atoms with E-state index in [9.17, 15) is 9.59 Å². The highest BCUT2D eigenvalue weighted by Crippen LogP contribution is 2.32. The van der Waals surface area contributed by atoms with Crippen LogP contribution in [0.1, 0.15) is 44.2 Å². The van der Waals surface area contributed by atoms with Gasteiger partial charge in [0.2, 0.25) is 11.8 Å². The van der Waals surface area contributed by atoms with Crippen LogP contribution in [0, 0.1) is 11.8 Å². The number of rotatable bonds is 6. The number of likely N-dealkylation sites (tertiary alicyclic amines) is 1. The molecule has 0 saturated carbocycles. The summed E-state index contributed by atoms with van der Waals surface area (Å²) in [6.45, 7) is 5.53. The number of benzene rings is 1. The van der Waals surface area contributed by atoms with Crippen LogP contribution in [0.4, 0.5) is 0 Å². The second-order valence-electron chi connectivity index (χ2n) is 8.73. The molecule has 0 aromatic heterocycles. The Hall–Kier alpha value is -1.88. The quantitative estimate of drug-likeness (QED) is 0.835. The maximum Gasteiger partial charge on any atom is 0.248 e. The number of nitrogens with zero attached hydrogens (tertiary/aromatic N) is 1. The Kier molecular flexibility index (Phi) is 6.20. The summed E-state index contributed by atoms with van der Waals surface area (Å²) < 4.78 is 4.94. The predicted molar refractivity (Wildman–Crippen MR) is 105 cm³/mol. The highest BCUT2D eigenvalue weighted by Gasteiger charge is 2.33. The highest BCUT2D eigenvalue weighted by molar-refractivity contribution is 5.82. The third-order valence-electron chi connectivity index (χ3n) is 5.81. The third kappa shape index (κ3) is 5.10. The summed E-state index contributed by atoms with van der Waals surface area (Å²) in [4.78, 5) is 26.7. The molecule has 5 nitrogen and oxygen atoms in total. The predicted octanol–water partition coefficient (Wildman–Crippen LogP) is 2.57.